The summed E-state index contributed by atoms with van der Waals surface area (Å²) in [7, 11) is 1.55. The molecule has 0 aliphatic heterocycles. The topological polar surface area (TPSA) is 52.6 Å². The molecule has 0 fully saturated rings. The molecule has 0 aliphatic rings. The van der Waals surface area contributed by atoms with E-state index in [4.69, 9.17) is 9.47 Å². The van der Waals surface area contributed by atoms with Gasteiger partial charge in [0.25, 0.3) is 0 Å². The Balaban J connectivity index is 1.73. The molecule has 0 saturated carbocycles. The van der Waals surface area contributed by atoms with Gasteiger partial charge in [0, 0.05) is 11.1 Å². The minimum atomic E-state index is -0.323. The monoisotopic (exact) mass is 348 g/mol. The second-order valence-corrected chi connectivity index (χ2v) is 6.06. The largest absolute Gasteiger partial charge is 0.496 e. The molecule has 0 unspecified atom stereocenters. The third kappa shape index (κ3) is 3.91. The molecule has 0 amide bonds. The summed E-state index contributed by atoms with van der Waals surface area (Å²) in [5.74, 6) is 0.223. The van der Waals surface area contributed by atoms with Crippen LogP contribution in [0.3, 0.4) is 0 Å². The second kappa shape index (κ2) is 7.83. The van der Waals surface area contributed by atoms with Gasteiger partial charge in [-0.15, -0.1) is 0 Å². The predicted octanol–water partition coefficient (Wildman–Crippen LogP) is 4.34. The molecule has 26 heavy (non-hydrogen) atoms. The fourth-order valence-corrected chi connectivity index (χ4v) is 2.92. The van der Waals surface area contributed by atoms with E-state index in [2.05, 4.69) is 0 Å². The highest BCUT2D eigenvalue weighted by Crippen LogP contribution is 2.22. The number of carbonyl (C=O) groups is 2. The fourth-order valence-electron chi connectivity index (χ4n) is 2.92. The van der Waals surface area contributed by atoms with E-state index in [-0.39, 0.29) is 24.8 Å². The van der Waals surface area contributed by atoms with Crippen LogP contribution in [0, 0.1) is 0 Å². The molecule has 3 aromatic rings. The first-order valence-electron chi connectivity index (χ1n) is 8.38. The lowest BCUT2D eigenvalue weighted by molar-refractivity contribution is -0.144. The molecule has 3 aromatic carbocycles. The number of hydrogen-bond acceptors (Lipinski definition) is 4. The van der Waals surface area contributed by atoms with Crippen molar-refractivity contribution in [3.63, 3.8) is 0 Å². The van der Waals surface area contributed by atoms with Crippen molar-refractivity contribution in [2.75, 3.05) is 7.11 Å². The third-order valence-electron chi connectivity index (χ3n) is 4.29. The molecular weight excluding hydrogens is 328 g/mol. The fraction of sp³-hybridized carbons (Fsp3) is 0.182. The standard InChI is InChI=1S/C22H20O4/c1-15(23)17-10-11-21(25-2)19(12-17)14-26-22(24)13-18-8-5-7-16-6-3-4-9-20(16)18/h3-12H,13-14H2,1-2H3. The van der Waals surface area contributed by atoms with E-state index in [1.807, 2.05) is 42.5 Å². The van der Waals surface area contributed by atoms with Crippen molar-refractivity contribution >= 4 is 22.5 Å². The summed E-state index contributed by atoms with van der Waals surface area (Å²) in [5, 5.41) is 2.14. The average molecular weight is 348 g/mol. The van der Waals surface area contributed by atoms with Crippen molar-refractivity contribution in [3.05, 3.63) is 77.4 Å². The minimum Gasteiger partial charge on any atom is -0.496 e. The number of fused-ring (bicyclic) bond motifs is 1. The first kappa shape index (κ1) is 17.7. The minimum absolute atomic E-state index is 0.0454. The molecule has 0 atom stereocenters. The maximum atomic E-state index is 12.3. The summed E-state index contributed by atoms with van der Waals surface area (Å²) in [6, 6.07) is 18.9. The highest BCUT2D eigenvalue weighted by atomic mass is 16.5. The zero-order valence-electron chi connectivity index (χ0n) is 14.8. The zero-order valence-corrected chi connectivity index (χ0v) is 14.8. The van der Waals surface area contributed by atoms with Crippen LogP contribution in [0.1, 0.15) is 28.4 Å². The van der Waals surface area contributed by atoms with Crippen molar-refractivity contribution in [2.45, 2.75) is 20.0 Å². The van der Waals surface area contributed by atoms with Crippen LogP contribution >= 0.6 is 0 Å². The summed E-state index contributed by atoms with van der Waals surface area (Å²) in [6.07, 6.45) is 0.191. The normalized spacial score (nSPS) is 10.5. The Labute approximate surface area is 152 Å². The molecular formula is C22H20O4. The van der Waals surface area contributed by atoms with Crippen molar-refractivity contribution in [1.82, 2.24) is 0 Å². The predicted molar refractivity (Wildman–Crippen MR) is 100 cm³/mol. The van der Waals surface area contributed by atoms with Gasteiger partial charge in [-0.05, 0) is 41.5 Å². The van der Waals surface area contributed by atoms with Gasteiger partial charge in [-0.25, -0.2) is 0 Å². The molecule has 0 aliphatic carbocycles. The van der Waals surface area contributed by atoms with Crippen molar-refractivity contribution in [1.29, 1.82) is 0 Å². The smallest absolute Gasteiger partial charge is 0.310 e. The number of carbonyl (C=O) groups excluding carboxylic acids is 2. The molecule has 0 heterocycles. The second-order valence-electron chi connectivity index (χ2n) is 6.06. The van der Waals surface area contributed by atoms with Gasteiger partial charge in [0.2, 0.25) is 0 Å². The highest BCUT2D eigenvalue weighted by Gasteiger charge is 2.12. The van der Waals surface area contributed by atoms with Gasteiger partial charge in [0.1, 0.15) is 12.4 Å². The summed E-state index contributed by atoms with van der Waals surface area (Å²) >= 11 is 0. The molecule has 132 valence electrons. The number of hydrogen-bond donors (Lipinski definition) is 0. The average Bonchev–Trinajstić information content (AvgIpc) is 2.66. The van der Waals surface area contributed by atoms with E-state index in [9.17, 15) is 9.59 Å². The van der Waals surface area contributed by atoms with Crippen LogP contribution in [-0.4, -0.2) is 18.9 Å². The van der Waals surface area contributed by atoms with E-state index >= 15 is 0 Å². The number of ketones is 1. The van der Waals surface area contributed by atoms with Crippen LogP contribution in [-0.2, 0) is 22.6 Å². The van der Waals surface area contributed by atoms with Gasteiger partial charge >= 0.3 is 5.97 Å². The quantitative estimate of drug-likeness (QED) is 0.491. The maximum Gasteiger partial charge on any atom is 0.310 e. The van der Waals surface area contributed by atoms with Gasteiger partial charge in [0.05, 0.1) is 13.5 Å². The van der Waals surface area contributed by atoms with Gasteiger partial charge < -0.3 is 9.47 Å². The Kier molecular flexibility index (Phi) is 5.32. The first-order valence-corrected chi connectivity index (χ1v) is 8.38. The summed E-state index contributed by atoms with van der Waals surface area (Å²) in [6.45, 7) is 1.56. The molecule has 3 rings (SSSR count). The number of benzene rings is 3. The van der Waals surface area contributed by atoms with E-state index in [1.165, 1.54) is 6.92 Å². The molecule has 0 saturated heterocycles. The molecule has 0 aromatic heterocycles. The molecule has 0 spiro atoms. The number of methoxy groups -OCH3 is 1. The van der Waals surface area contributed by atoms with Crippen LogP contribution in [0.5, 0.6) is 5.75 Å². The number of ether oxygens (including phenoxy) is 2. The Morgan fingerprint density at radius 1 is 0.923 bits per heavy atom. The third-order valence-corrected chi connectivity index (χ3v) is 4.29. The van der Waals surface area contributed by atoms with Crippen LogP contribution in [0.15, 0.2) is 60.7 Å². The van der Waals surface area contributed by atoms with Crippen molar-refractivity contribution < 1.29 is 19.1 Å². The maximum absolute atomic E-state index is 12.3. The van der Waals surface area contributed by atoms with E-state index < -0.39 is 0 Å². The highest BCUT2D eigenvalue weighted by molar-refractivity contribution is 5.94. The molecule has 0 radical (unpaired) electrons. The van der Waals surface area contributed by atoms with E-state index in [1.54, 1.807) is 25.3 Å². The summed E-state index contributed by atoms with van der Waals surface area (Å²) < 4.78 is 10.7. The van der Waals surface area contributed by atoms with Crippen molar-refractivity contribution in [2.24, 2.45) is 0 Å². The van der Waals surface area contributed by atoms with Gasteiger partial charge in [0.15, 0.2) is 5.78 Å². The van der Waals surface area contributed by atoms with E-state index in [0.29, 0.717) is 16.9 Å². The van der Waals surface area contributed by atoms with Gasteiger partial charge in [-0.3, -0.25) is 9.59 Å². The first-order chi connectivity index (χ1) is 12.6. The number of esters is 1. The Morgan fingerprint density at radius 2 is 1.69 bits per heavy atom. The Bertz CT molecular complexity index is 954. The van der Waals surface area contributed by atoms with Gasteiger partial charge in [-0.1, -0.05) is 42.5 Å². The van der Waals surface area contributed by atoms with Crippen LogP contribution in [0.4, 0.5) is 0 Å². The molecule has 4 heteroatoms. The zero-order chi connectivity index (χ0) is 18.5. The number of Topliss-reactive ketones (excluding diaryl/α,β-unsaturated/α-hetero) is 1. The van der Waals surface area contributed by atoms with E-state index in [0.717, 1.165) is 16.3 Å². The van der Waals surface area contributed by atoms with Gasteiger partial charge in [-0.2, -0.15) is 0 Å². The Hall–Kier alpha value is -3.14. The Morgan fingerprint density at radius 3 is 2.46 bits per heavy atom. The van der Waals surface area contributed by atoms with Crippen LogP contribution < -0.4 is 4.74 Å². The molecule has 0 bridgehead atoms. The number of rotatable bonds is 6. The summed E-state index contributed by atoms with van der Waals surface area (Å²) in [4.78, 5) is 23.9. The lowest BCUT2D eigenvalue weighted by atomic mass is 10.0. The lowest BCUT2D eigenvalue weighted by Gasteiger charge is -2.11. The molecule has 0 N–H and O–H groups in total. The molecule has 4 nitrogen and oxygen atoms in total. The lowest BCUT2D eigenvalue weighted by Crippen LogP contribution is -2.09. The van der Waals surface area contributed by atoms with Crippen LogP contribution in [0.25, 0.3) is 10.8 Å². The van der Waals surface area contributed by atoms with Crippen molar-refractivity contribution in [3.8, 4) is 5.75 Å². The summed E-state index contributed by atoms with van der Waals surface area (Å²) in [5.41, 5.74) is 2.16. The SMILES string of the molecule is COc1ccc(C(C)=O)cc1COC(=O)Cc1cccc2ccccc12. The van der Waals surface area contributed by atoms with Crippen LogP contribution in [0.2, 0.25) is 0 Å².